The van der Waals surface area contributed by atoms with Gasteiger partial charge in [0, 0.05) is 24.7 Å². The van der Waals surface area contributed by atoms with Gasteiger partial charge in [-0.25, -0.2) is 8.42 Å². The highest BCUT2D eigenvalue weighted by atomic mass is 35.5. The SMILES string of the molecule is O=C(NCCCc1cccc2ccccc12)[C@H]1CCCN(S(=O)(=O)c2ccc(Cl)cc2)C1. The normalized spacial score (nSPS) is 17.3. The molecule has 1 fully saturated rings. The molecule has 3 aromatic rings. The maximum absolute atomic E-state index is 12.9. The van der Waals surface area contributed by atoms with Crippen molar-refractivity contribution in [3.8, 4) is 0 Å². The third-order valence-corrected chi connectivity index (χ3v) is 8.14. The number of nitrogens with zero attached hydrogens (tertiary/aromatic N) is 1. The van der Waals surface area contributed by atoms with Crippen LogP contribution in [0.25, 0.3) is 10.8 Å². The molecule has 7 heteroatoms. The van der Waals surface area contributed by atoms with Crippen molar-refractivity contribution in [2.45, 2.75) is 30.6 Å². The summed E-state index contributed by atoms with van der Waals surface area (Å²) in [7, 11) is -3.63. The smallest absolute Gasteiger partial charge is 0.243 e. The van der Waals surface area contributed by atoms with Crippen molar-refractivity contribution in [3.63, 3.8) is 0 Å². The van der Waals surface area contributed by atoms with Gasteiger partial charge in [0.05, 0.1) is 10.8 Å². The van der Waals surface area contributed by atoms with Crippen molar-refractivity contribution >= 4 is 38.3 Å². The molecule has 1 heterocycles. The molecular formula is C25H27ClN2O3S. The summed E-state index contributed by atoms with van der Waals surface area (Å²) < 4.78 is 27.3. The van der Waals surface area contributed by atoms with Gasteiger partial charge in [0.2, 0.25) is 15.9 Å². The van der Waals surface area contributed by atoms with E-state index in [1.807, 2.05) is 12.1 Å². The van der Waals surface area contributed by atoms with Crippen LogP contribution in [0, 0.1) is 5.92 Å². The van der Waals surface area contributed by atoms with E-state index in [0.29, 0.717) is 31.0 Å². The fourth-order valence-electron chi connectivity index (χ4n) is 4.28. The van der Waals surface area contributed by atoms with E-state index in [1.54, 1.807) is 12.1 Å². The molecule has 1 saturated heterocycles. The van der Waals surface area contributed by atoms with Gasteiger partial charge in [-0.1, -0.05) is 54.1 Å². The van der Waals surface area contributed by atoms with Crippen LogP contribution in [-0.2, 0) is 21.2 Å². The van der Waals surface area contributed by atoms with Crippen LogP contribution in [0.5, 0.6) is 0 Å². The Balaban J connectivity index is 1.31. The van der Waals surface area contributed by atoms with Crippen molar-refractivity contribution in [1.82, 2.24) is 9.62 Å². The van der Waals surface area contributed by atoms with Crippen LogP contribution in [0.4, 0.5) is 0 Å². The minimum atomic E-state index is -3.63. The summed E-state index contributed by atoms with van der Waals surface area (Å²) >= 11 is 5.88. The molecule has 1 atom stereocenters. The first-order valence-electron chi connectivity index (χ1n) is 11.0. The monoisotopic (exact) mass is 470 g/mol. The maximum atomic E-state index is 12.9. The summed E-state index contributed by atoms with van der Waals surface area (Å²) in [6.07, 6.45) is 3.07. The molecule has 0 radical (unpaired) electrons. The number of amides is 1. The predicted octanol–water partition coefficient (Wildman–Crippen LogP) is 4.64. The molecule has 0 bridgehead atoms. The maximum Gasteiger partial charge on any atom is 0.243 e. The number of halogens is 1. The second-order valence-corrected chi connectivity index (χ2v) is 10.6. The molecule has 1 amide bonds. The highest BCUT2D eigenvalue weighted by Gasteiger charge is 2.33. The quantitative estimate of drug-likeness (QED) is 0.511. The number of carbonyl (C=O) groups is 1. The summed E-state index contributed by atoms with van der Waals surface area (Å²) in [5.41, 5.74) is 1.27. The Morgan fingerprint density at radius 1 is 1.03 bits per heavy atom. The molecule has 32 heavy (non-hydrogen) atoms. The third-order valence-electron chi connectivity index (χ3n) is 6.01. The molecule has 4 rings (SSSR count). The molecule has 1 aliphatic rings. The lowest BCUT2D eigenvalue weighted by molar-refractivity contribution is -0.126. The van der Waals surface area contributed by atoms with Crippen molar-refractivity contribution in [2.75, 3.05) is 19.6 Å². The number of benzene rings is 3. The van der Waals surface area contributed by atoms with E-state index < -0.39 is 10.0 Å². The summed E-state index contributed by atoms with van der Waals surface area (Å²) in [5.74, 6) is -0.401. The van der Waals surface area contributed by atoms with Gasteiger partial charge in [0.15, 0.2) is 0 Å². The number of piperidine rings is 1. The minimum Gasteiger partial charge on any atom is -0.356 e. The summed E-state index contributed by atoms with van der Waals surface area (Å²) in [4.78, 5) is 12.9. The van der Waals surface area contributed by atoms with Crippen molar-refractivity contribution < 1.29 is 13.2 Å². The van der Waals surface area contributed by atoms with E-state index in [-0.39, 0.29) is 23.3 Å². The first kappa shape index (κ1) is 22.8. The van der Waals surface area contributed by atoms with Gasteiger partial charge < -0.3 is 5.32 Å². The second kappa shape index (κ2) is 10.0. The molecule has 0 spiro atoms. The van der Waals surface area contributed by atoms with E-state index in [2.05, 4.69) is 35.6 Å². The number of hydrogen-bond acceptors (Lipinski definition) is 3. The molecule has 5 nitrogen and oxygen atoms in total. The van der Waals surface area contributed by atoms with Crippen LogP contribution in [0.2, 0.25) is 5.02 Å². The van der Waals surface area contributed by atoms with Crippen LogP contribution < -0.4 is 5.32 Å². The largest absolute Gasteiger partial charge is 0.356 e. The van der Waals surface area contributed by atoms with Gasteiger partial charge in [-0.05, 0) is 66.3 Å². The van der Waals surface area contributed by atoms with Gasteiger partial charge in [0.25, 0.3) is 0 Å². The molecule has 1 aliphatic heterocycles. The lowest BCUT2D eigenvalue weighted by atomic mass is 9.98. The van der Waals surface area contributed by atoms with Gasteiger partial charge in [-0.3, -0.25) is 4.79 Å². The van der Waals surface area contributed by atoms with Gasteiger partial charge >= 0.3 is 0 Å². The predicted molar refractivity (Wildman–Crippen MR) is 128 cm³/mol. The van der Waals surface area contributed by atoms with Crippen LogP contribution in [0.15, 0.2) is 71.6 Å². The Kier molecular flexibility index (Phi) is 7.13. The molecule has 1 N–H and O–H groups in total. The van der Waals surface area contributed by atoms with Gasteiger partial charge in [-0.15, -0.1) is 0 Å². The van der Waals surface area contributed by atoms with E-state index in [1.165, 1.54) is 32.8 Å². The molecule has 0 aromatic heterocycles. The zero-order chi connectivity index (χ0) is 22.6. The number of sulfonamides is 1. The molecular weight excluding hydrogens is 444 g/mol. The highest BCUT2D eigenvalue weighted by molar-refractivity contribution is 7.89. The summed E-state index contributed by atoms with van der Waals surface area (Å²) in [5, 5.41) is 5.97. The lowest BCUT2D eigenvalue weighted by Gasteiger charge is -2.31. The molecule has 3 aromatic carbocycles. The number of nitrogens with one attached hydrogen (secondary N) is 1. The number of rotatable bonds is 7. The number of hydrogen-bond donors (Lipinski definition) is 1. The molecule has 0 saturated carbocycles. The van der Waals surface area contributed by atoms with Gasteiger partial charge in [-0.2, -0.15) is 4.31 Å². The van der Waals surface area contributed by atoms with Crippen LogP contribution in [0.3, 0.4) is 0 Å². The average molecular weight is 471 g/mol. The fraction of sp³-hybridized carbons (Fsp3) is 0.320. The Labute approximate surface area is 194 Å². The average Bonchev–Trinajstić information content (AvgIpc) is 2.82. The van der Waals surface area contributed by atoms with Crippen LogP contribution in [0.1, 0.15) is 24.8 Å². The first-order chi connectivity index (χ1) is 15.4. The summed E-state index contributed by atoms with van der Waals surface area (Å²) in [6, 6.07) is 20.8. The zero-order valence-electron chi connectivity index (χ0n) is 17.8. The van der Waals surface area contributed by atoms with Crippen molar-refractivity contribution in [1.29, 1.82) is 0 Å². The van der Waals surface area contributed by atoms with Crippen LogP contribution >= 0.6 is 11.6 Å². The number of aryl methyl sites for hydroxylation is 1. The lowest BCUT2D eigenvalue weighted by Crippen LogP contribution is -2.45. The topological polar surface area (TPSA) is 66.5 Å². The number of fused-ring (bicyclic) bond motifs is 1. The van der Waals surface area contributed by atoms with Crippen molar-refractivity contribution in [3.05, 3.63) is 77.3 Å². The highest BCUT2D eigenvalue weighted by Crippen LogP contribution is 2.25. The fourth-order valence-corrected chi connectivity index (χ4v) is 5.93. The second-order valence-electron chi connectivity index (χ2n) is 8.19. The van der Waals surface area contributed by atoms with E-state index in [0.717, 1.165) is 12.8 Å². The van der Waals surface area contributed by atoms with E-state index >= 15 is 0 Å². The Bertz CT molecular complexity index is 1190. The Hall–Kier alpha value is -2.41. The summed E-state index contributed by atoms with van der Waals surface area (Å²) in [6.45, 7) is 1.21. The third kappa shape index (κ3) is 5.14. The van der Waals surface area contributed by atoms with E-state index in [9.17, 15) is 13.2 Å². The standard InChI is InChI=1S/C25H27ClN2O3S/c26-22-12-14-23(15-13-22)32(30,31)28-17-5-10-21(18-28)25(29)27-16-4-9-20-8-3-7-19-6-1-2-11-24(19)20/h1-3,6-8,11-15,21H,4-5,9-10,16-18H2,(H,27,29)/t21-/m0/s1. The Morgan fingerprint density at radius 3 is 2.59 bits per heavy atom. The van der Waals surface area contributed by atoms with Crippen LogP contribution in [-0.4, -0.2) is 38.3 Å². The number of carbonyl (C=O) groups excluding carboxylic acids is 1. The van der Waals surface area contributed by atoms with E-state index in [4.69, 9.17) is 11.6 Å². The minimum absolute atomic E-state index is 0.0704. The van der Waals surface area contributed by atoms with Crippen molar-refractivity contribution in [2.24, 2.45) is 5.92 Å². The molecule has 168 valence electrons. The first-order valence-corrected chi connectivity index (χ1v) is 12.8. The zero-order valence-corrected chi connectivity index (χ0v) is 19.4. The molecule has 0 unspecified atom stereocenters. The molecule has 0 aliphatic carbocycles. The van der Waals surface area contributed by atoms with Gasteiger partial charge in [0.1, 0.15) is 0 Å². The Morgan fingerprint density at radius 2 is 1.78 bits per heavy atom.